The zero-order chi connectivity index (χ0) is 17.2. The zero-order valence-corrected chi connectivity index (χ0v) is 14.0. The number of aromatic amines is 1. The van der Waals surface area contributed by atoms with E-state index in [1.54, 1.807) is 13.0 Å². The smallest absolute Gasteiger partial charge is 0.215 e. The van der Waals surface area contributed by atoms with Crippen LogP contribution in [-0.2, 0) is 20.5 Å². The fourth-order valence-corrected chi connectivity index (χ4v) is 3.93. The van der Waals surface area contributed by atoms with Crippen molar-refractivity contribution in [3.63, 3.8) is 0 Å². The summed E-state index contributed by atoms with van der Waals surface area (Å²) in [6, 6.07) is 5.85. The van der Waals surface area contributed by atoms with Crippen LogP contribution < -0.4 is 4.72 Å². The van der Waals surface area contributed by atoms with Gasteiger partial charge in [0.15, 0.2) is 5.82 Å². The number of benzene rings is 1. The number of hydrogen-bond acceptors (Lipinski definition) is 5. The Morgan fingerprint density at radius 3 is 2.92 bits per heavy atom. The molecule has 1 aromatic carbocycles. The zero-order valence-electron chi connectivity index (χ0n) is 13.2. The fraction of sp³-hybridized carbons (Fsp3) is 0.467. The van der Waals surface area contributed by atoms with E-state index in [0.717, 1.165) is 0 Å². The van der Waals surface area contributed by atoms with E-state index in [1.807, 2.05) is 0 Å². The summed E-state index contributed by atoms with van der Waals surface area (Å²) in [6.07, 6.45) is 0.367. The minimum absolute atomic E-state index is 0.0596. The second-order valence-corrected chi connectivity index (χ2v) is 7.62. The van der Waals surface area contributed by atoms with E-state index in [2.05, 4.69) is 19.9 Å². The van der Waals surface area contributed by atoms with Crippen LogP contribution in [0.15, 0.2) is 24.3 Å². The van der Waals surface area contributed by atoms with Crippen molar-refractivity contribution in [2.45, 2.75) is 25.2 Å². The van der Waals surface area contributed by atoms with Gasteiger partial charge in [-0.25, -0.2) is 22.5 Å². The van der Waals surface area contributed by atoms with Crippen molar-refractivity contribution in [1.29, 1.82) is 0 Å². The number of sulfonamides is 1. The van der Waals surface area contributed by atoms with Crippen molar-refractivity contribution >= 4 is 10.0 Å². The first-order valence-corrected chi connectivity index (χ1v) is 9.31. The number of aromatic nitrogens is 3. The summed E-state index contributed by atoms with van der Waals surface area (Å²) in [4.78, 5) is 4.25. The number of halogens is 1. The van der Waals surface area contributed by atoms with Gasteiger partial charge in [-0.05, 0) is 19.4 Å². The van der Waals surface area contributed by atoms with Crippen LogP contribution in [0.25, 0.3) is 0 Å². The first kappa shape index (κ1) is 17.0. The normalized spacial score (nSPS) is 21.2. The van der Waals surface area contributed by atoms with Crippen molar-refractivity contribution in [3.05, 3.63) is 47.3 Å². The molecule has 0 radical (unpaired) electrons. The second-order valence-electron chi connectivity index (χ2n) is 5.82. The SMILES string of the molecule is Cc1nc([C@H]2OCC[C@H]2CNS(=O)(=O)Cc2ccccc2F)n[nH]1. The highest BCUT2D eigenvalue weighted by molar-refractivity contribution is 7.88. The summed E-state index contributed by atoms with van der Waals surface area (Å²) in [5.41, 5.74) is 0.147. The predicted molar refractivity (Wildman–Crippen MR) is 84.9 cm³/mol. The third-order valence-corrected chi connectivity index (χ3v) is 5.25. The molecule has 3 rings (SSSR count). The molecule has 0 aliphatic carbocycles. The molecule has 0 bridgehead atoms. The van der Waals surface area contributed by atoms with E-state index in [0.29, 0.717) is 24.7 Å². The molecular formula is C15H19FN4O3S. The minimum Gasteiger partial charge on any atom is -0.370 e. The maximum Gasteiger partial charge on any atom is 0.215 e. The summed E-state index contributed by atoms with van der Waals surface area (Å²) in [7, 11) is -3.64. The highest BCUT2D eigenvalue weighted by Crippen LogP contribution is 2.32. The largest absolute Gasteiger partial charge is 0.370 e. The van der Waals surface area contributed by atoms with Gasteiger partial charge in [0.2, 0.25) is 10.0 Å². The molecule has 1 saturated heterocycles. The molecule has 1 aliphatic heterocycles. The molecule has 1 aromatic heterocycles. The van der Waals surface area contributed by atoms with Crippen LogP contribution in [0.2, 0.25) is 0 Å². The van der Waals surface area contributed by atoms with Gasteiger partial charge in [-0.2, -0.15) is 5.10 Å². The first-order valence-electron chi connectivity index (χ1n) is 7.66. The highest BCUT2D eigenvalue weighted by Gasteiger charge is 2.33. The second kappa shape index (κ2) is 6.96. The quantitative estimate of drug-likeness (QED) is 0.818. The summed E-state index contributed by atoms with van der Waals surface area (Å²) in [5, 5.41) is 6.84. The number of nitrogens with one attached hydrogen (secondary N) is 2. The Bertz CT molecular complexity index is 809. The topological polar surface area (TPSA) is 97.0 Å². The summed E-state index contributed by atoms with van der Waals surface area (Å²) in [6.45, 7) is 2.52. The lowest BCUT2D eigenvalue weighted by Crippen LogP contribution is -2.32. The minimum atomic E-state index is -3.64. The number of nitrogens with zero attached hydrogens (tertiary/aromatic N) is 2. The van der Waals surface area contributed by atoms with E-state index >= 15 is 0 Å². The van der Waals surface area contributed by atoms with Gasteiger partial charge >= 0.3 is 0 Å². The third kappa shape index (κ3) is 3.97. The molecule has 7 nitrogen and oxygen atoms in total. The van der Waals surface area contributed by atoms with Crippen LogP contribution >= 0.6 is 0 Å². The average Bonchev–Trinajstić information content (AvgIpc) is 3.16. The molecule has 0 unspecified atom stereocenters. The maximum absolute atomic E-state index is 13.6. The molecule has 130 valence electrons. The molecule has 2 N–H and O–H groups in total. The van der Waals surface area contributed by atoms with Crippen molar-refractivity contribution in [3.8, 4) is 0 Å². The van der Waals surface area contributed by atoms with Crippen molar-refractivity contribution in [1.82, 2.24) is 19.9 Å². The molecule has 0 saturated carbocycles. The number of ether oxygens (including phenoxy) is 1. The van der Waals surface area contributed by atoms with Crippen LogP contribution in [-0.4, -0.2) is 36.8 Å². The monoisotopic (exact) mass is 354 g/mol. The number of hydrogen-bond donors (Lipinski definition) is 2. The Morgan fingerprint density at radius 1 is 1.42 bits per heavy atom. The van der Waals surface area contributed by atoms with Gasteiger partial charge in [0.25, 0.3) is 0 Å². The van der Waals surface area contributed by atoms with Gasteiger partial charge in [-0.15, -0.1) is 0 Å². The van der Waals surface area contributed by atoms with Crippen LogP contribution in [0.3, 0.4) is 0 Å². The van der Waals surface area contributed by atoms with Gasteiger partial charge in [0.1, 0.15) is 17.7 Å². The molecule has 2 atom stereocenters. The number of rotatable bonds is 6. The summed E-state index contributed by atoms with van der Waals surface area (Å²) < 4.78 is 46.2. The summed E-state index contributed by atoms with van der Waals surface area (Å²) in [5.74, 6) is 0.233. The van der Waals surface area contributed by atoms with Crippen molar-refractivity contribution in [2.75, 3.05) is 13.2 Å². The average molecular weight is 354 g/mol. The third-order valence-electron chi connectivity index (χ3n) is 3.95. The Hall–Kier alpha value is -1.84. The molecule has 1 aliphatic rings. The molecule has 24 heavy (non-hydrogen) atoms. The molecule has 2 heterocycles. The van der Waals surface area contributed by atoms with Crippen LogP contribution in [0.1, 0.15) is 29.7 Å². The number of aryl methyl sites for hydroxylation is 1. The van der Waals surface area contributed by atoms with Crippen LogP contribution in [0.4, 0.5) is 4.39 Å². The Balaban J connectivity index is 1.62. The molecule has 0 amide bonds. The van der Waals surface area contributed by atoms with Crippen molar-refractivity contribution < 1.29 is 17.5 Å². The molecule has 9 heteroatoms. The Kier molecular flexibility index (Phi) is 4.93. The highest BCUT2D eigenvalue weighted by atomic mass is 32.2. The Morgan fingerprint density at radius 2 is 2.21 bits per heavy atom. The van der Waals surface area contributed by atoms with Gasteiger partial charge < -0.3 is 4.74 Å². The first-order chi connectivity index (χ1) is 11.4. The van der Waals surface area contributed by atoms with Gasteiger partial charge in [-0.1, -0.05) is 18.2 Å². The number of H-pyrrole nitrogens is 1. The van der Waals surface area contributed by atoms with Crippen LogP contribution in [0, 0.1) is 18.7 Å². The summed E-state index contributed by atoms with van der Waals surface area (Å²) >= 11 is 0. The Labute approximate surface area is 139 Å². The van der Waals surface area contributed by atoms with E-state index in [4.69, 9.17) is 4.74 Å². The van der Waals surface area contributed by atoms with Crippen molar-refractivity contribution in [2.24, 2.45) is 5.92 Å². The lowest BCUT2D eigenvalue weighted by atomic mass is 10.0. The van der Waals surface area contributed by atoms with Gasteiger partial charge in [0.05, 0.1) is 5.75 Å². The fourth-order valence-electron chi connectivity index (χ4n) is 2.72. The van der Waals surface area contributed by atoms with Crippen LogP contribution in [0.5, 0.6) is 0 Å². The van der Waals surface area contributed by atoms with E-state index in [1.165, 1.54) is 18.2 Å². The lowest BCUT2D eigenvalue weighted by Gasteiger charge is -2.16. The molecule has 1 fully saturated rings. The standard InChI is InChI=1S/C15H19FN4O3S/c1-10-18-15(20-19-10)14-11(6-7-23-14)8-17-24(21,22)9-12-4-2-3-5-13(12)16/h2-5,11,14,17H,6-9H2,1H3,(H,18,19,20)/t11-,14-/m0/s1. The maximum atomic E-state index is 13.6. The van der Waals surface area contributed by atoms with E-state index in [9.17, 15) is 12.8 Å². The molecular weight excluding hydrogens is 335 g/mol. The molecule has 2 aromatic rings. The van der Waals surface area contributed by atoms with E-state index < -0.39 is 21.6 Å². The predicted octanol–water partition coefficient (Wildman–Crippen LogP) is 1.45. The molecule has 0 spiro atoms. The van der Waals surface area contributed by atoms with Gasteiger partial charge in [-0.3, -0.25) is 5.10 Å². The lowest BCUT2D eigenvalue weighted by molar-refractivity contribution is 0.0848. The van der Waals surface area contributed by atoms with E-state index in [-0.39, 0.29) is 24.1 Å². The van der Waals surface area contributed by atoms with Gasteiger partial charge in [0, 0.05) is 24.6 Å².